The molecule has 0 aliphatic carbocycles. The second kappa shape index (κ2) is 4.53. The first kappa shape index (κ1) is 13.2. The molecule has 1 amide bonds. The van der Waals surface area contributed by atoms with Gasteiger partial charge in [0.15, 0.2) is 5.28 Å². The summed E-state index contributed by atoms with van der Waals surface area (Å²) in [5.74, 6) is -1.19. The van der Waals surface area contributed by atoms with Crippen LogP contribution in [0.4, 0.5) is 0 Å². The monoisotopic (exact) mass is 251 g/mol. The average molecular weight is 251 g/mol. The van der Waals surface area contributed by atoms with Crippen molar-refractivity contribution in [2.45, 2.75) is 31.5 Å². The number of hydrogen-bond donors (Lipinski definition) is 3. The Morgan fingerprint density at radius 1 is 1.62 bits per heavy atom. The molecule has 8 heteroatoms. The normalized spacial score (nSPS) is 25.3. The molecule has 1 heterocycles. The predicted molar refractivity (Wildman–Crippen MR) is 53.4 cm³/mol. The molecule has 0 aromatic carbocycles. The summed E-state index contributed by atoms with van der Waals surface area (Å²) in [6, 6.07) is 0. The Labute approximate surface area is 92.3 Å². The summed E-state index contributed by atoms with van der Waals surface area (Å²) >= 11 is 0. The number of hydrogen-bond acceptors (Lipinski definition) is 4. The van der Waals surface area contributed by atoms with Gasteiger partial charge in [0.25, 0.3) is 0 Å². The lowest BCUT2D eigenvalue weighted by molar-refractivity contribution is -0.144. The van der Waals surface area contributed by atoms with Crippen LogP contribution < -0.4 is 5.32 Å². The highest BCUT2D eigenvalue weighted by Gasteiger charge is 2.53. The molecule has 1 aliphatic rings. The van der Waals surface area contributed by atoms with Gasteiger partial charge in [0.1, 0.15) is 0 Å². The number of rotatable bonds is 4. The summed E-state index contributed by atoms with van der Waals surface area (Å²) in [7, 11) is -4.59. The number of ether oxygens (including phenoxy) is 1. The number of amides is 1. The highest BCUT2D eigenvalue weighted by Crippen LogP contribution is 2.55. The van der Waals surface area contributed by atoms with Gasteiger partial charge in [0.2, 0.25) is 5.91 Å². The zero-order valence-corrected chi connectivity index (χ0v) is 9.70. The van der Waals surface area contributed by atoms with E-state index in [0.29, 0.717) is 0 Å². The second-order valence-corrected chi connectivity index (χ2v) is 5.55. The van der Waals surface area contributed by atoms with Crippen molar-refractivity contribution in [1.29, 1.82) is 0 Å². The summed E-state index contributed by atoms with van der Waals surface area (Å²) in [6.07, 6.45) is -0.559. The highest BCUT2D eigenvalue weighted by atomic mass is 31.2. The Kier molecular flexibility index (Phi) is 3.72. The van der Waals surface area contributed by atoms with Gasteiger partial charge in [-0.2, -0.15) is 0 Å². The lowest BCUT2D eigenvalue weighted by atomic mass is 10.1. The van der Waals surface area contributed by atoms with Crippen molar-refractivity contribution in [3.8, 4) is 0 Å². The van der Waals surface area contributed by atoms with Gasteiger partial charge in [-0.05, 0) is 13.3 Å². The third kappa shape index (κ3) is 2.61. The van der Waals surface area contributed by atoms with Crippen LogP contribution >= 0.6 is 7.60 Å². The van der Waals surface area contributed by atoms with E-state index in [4.69, 9.17) is 0 Å². The van der Waals surface area contributed by atoms with Crippen molar-refractivity contribution in [2.24, 2.45) is 0 Å². The van der Waals surface area contributed by atoms with Crippen LogP contribution in [0.2, 0.25) is 0 Å². The Balaban J connectivity index is 2.86. The van der Waals surface area contributed by atoms with Gasteiger partial charge in [-0.15, -0.1) is 0 Å². The molecule has 1 fully saturated rings. The van der Waals surface area contributed by atoms with E-state index in [9.17, 15) is 23.9 Å². The van der Waals surface area contributed by atoms with Crippen molar-refractivity contribution in [3.63, 3.8) is 0 Å². The summed E-state index contributed by atoms with van der Waals surface area (Å²) in [5, 5.41) is 0.412. The molecule has 0 saturated carbocycles. The number of nitrogens with one attached hydrogen (secondary N) is 1. The topological polar surface area (TPSA) is 113 Å². The third-order valence-corrected chi connectivity index (χ3v) is 4.05. The lowest BCUT2D eigenvalue weighted by Gasteiger charge is -2.28. The summed E-state index contributed by atoms with van der Waals surface area (Å²) in [4.78, 5) is 40.7. The minimum absolute atomic E-state index is 0.00448. The quantitative estimate of drug-likeness (QED) is 0.468. The highest BCUT2D eigenvalue weighted by molar-refractivity contribution is 7.53. The maximum atomic E-state index is 11.3. The Hall–Kier alpha value is -0.910. The molecule has 0 aromatic rings. The molecular weight excluding hydrogens is 237 g/mol. The fraction of sp³-hybridized carbons (Fsp3) is 0.750. The first-order chi connectivity index (χ1) is 7.31. The van der Waals surface area contributed by atoms with Crippen LogP contribution in [0.5, 0.6) is 0 Å². The van der Waals surface area contributed by atoms with Crippen LogP contribution in [0.3, 0.4) is 0 Å². The molecule has 0 aromatic heterocycles. The molecule has 16 heavy (non-hydrogen) atoms. The molecule has 1 rings (SSSR count). The fourth-order valence-electron chi connectivity index (χ4n) is 1.61. The predicted octanol–water partition coefficient (Wildman–Crippen LogP) is -0.276. The minimum Gasteiger partial charge on any atom is -0.466 e. The van der Waals surface area contributed by atoms with Gasteiger partial charge in [0, 0.05) is 6.42 Å². The van der Waals surface area contributed by atoms with E-state index >= 15 is 0 Å². The maximum Gasteiger partial charge on any atom is 0.351 e. The Morgan fingerprint density at radius 3 is 2.62 bits per heavy atom. The van der Waals surface area contributed by atoms with E-state index in [-0.39, 0.29) is 19.4 Å². The van der Waals surface area contributed by atoms with Crippen molar-refractivity contribution in [1.82, 2.24) is 5.32 Å². The largest absolute Gasteiger partial charge is 0.466 e. The molecule has 7 nitrogen and oxygen atoms in total. The molecule has 3 N–H and O–H groups in total. The van der Waals surface area contributed by atoms with Gasteiger partial charge in [-0.25, -0.2) is 0 Å². The molecular formula is C8H14NO6P. The van der Waals surface area contributed by atoms with E-state index in [1.807, 2.05) is 0 Å². The van der Waals surface area contributed by atoms with Crippen molar-refractivity contribution in [3.05, 3.63) is 0 Å². The molecule has 92 valence electrons. The summed E-state index contributed by atoms with van der Waals surface area (Å²) in [6.45, 7) is 1.72. The molecule has 1 aliphatic heterocycles. The Morgan fingerprint density at radius 2 is 2.25 bits per heavy atom. The fourth-order valence-corrected chi connectivity index (χ4v) is 2.62. The van der Waals surface area contributed by atoms with Gasteiger partial charge in [-0.3, -0.25) is 14.2 Å². The molecule has 0 spiro atoms. The standard InChI is InChI=1S/C8H14NO6P/c1-2-15-7(11)5-8(16(12,13)14)4-3-6(10)9-8/h2-5H2,1H3,(H,9,10)(H2,12,13,14). The average Bonchev–Trinajstić information content (AvgIpc) is 2.47. The van der Waals surface area contributed by atoms with E-state index in [1.165, 1.54) is 0 Å². The maximum absolute atomic E-state index is 11.3. The zero-order valence-electron chi connectivity index (χ0n) is 8.80. The van der Waals surface area contributed by atoms with Gasteiger partial charge in [-0.1, -0.05) is 0 Å². The number of carbonyl (C=O) groups excluding carboxylic acids is 2. The summed E-state index contributed by atoms with van der Waals surface area (Å²) < 4.78 is 15.9. The first-order valence-corrected chi connectivity index (χ1v) is 6.44. The molecule has 1 saturated heterocycles. The second-order valence-electron chi connectivity index (χ2n) is 3.61. The number of carbonyl (C=O) groups is 2. The van der Waals surface area contributed by atoms with Crippen LogP contribution in [0.15, 0.2) is 0 Å². The molecule has 1 atom stereocenters. The van der Waals surface area contributed by atoms with Crippen LogP contribution in [0.1, 0.15) is 26.2 Å². The minimum atomic E-state index is -4.59. The third-order valence-electron chi connectivity index (χ3n) is 2.44. The van der Waals surface area contributed by atoms with Gasteiger partial charge < -0.3 is 19.8 Å². The van der Waals surface area contributed by atoms with Crippen LogP contribution in [0, 0.1) is 0 Å². The molecule has 0 radical (unpaired) electrons. The van der Waals surface area contributed by atoms with E-state index in [1.54, 1.807) is 6.92 Å². The lowest BCUT2D eigenvalue weighted by Crippen LogP contribution is -2.43. The van der Waals surface area contributed by atoms with E-state index in [0.717, 1.165) is 0 Å². The summed E-state index contributed by atoms with van der Waals surface area (Å²) in [5.41, 5.74) is 0. The SMILES string of the molecule is CCOC(=O)CC1(P(=O)(O)O)CCC(=O)N1. The van der Waals surface area contributed by atoms with Crippen LogP contribution in [0.25, 0.3) is 0 Å². The van der Waals surface area contributed by atoms with E-state index < -0.39 is 31.2 Å². The van der Waals surface area contributed by atoms with Gasteiger partial charge in [0.05, 0.1) is 13.0 Å². The van der Waals surface area contributed by atoms with Crippen molar-refractivity contribution in [2.75, 3.05) is 6.61 Å². The van der Waals surface area contributed by atoms with Gasteiger partial charge >= 0.3 is 13.6 Å². The molecule has 0 bridgehead atoms. The van der Waals surface area contributed by atoms with E-state index in [2.05, 4.69) is 10.1 Å². The first-order valence-electron chi connectivity index (χ1n) is 4.83. The Bertz CT molecular complexity index is 350. The smallest absolute Gasteiger partial charge is 0.351 e. The zero-order chi connectivity index (χ0) is 12.4. The van der Waals surface area contributed by atoms with Crippen molar-refractivity contribution < 1.29 is 28.7 Å². The molecule has 1 unspecified atom stereocenters. The van der Waals surface area contributed by atoms with Crippen LogP contribution in [-0.2, 0) is 18.9 Å². The van der Waals surface area contributed by atoms with Crippen LogP contribution in [-0.4, -0.2) is 33.6 Å². The number of esters is 1. The van der Waals surface area contributed by atoms with Crippen molar-refractivity contribution >= 4 is 19.5 Å².